The fourth-order valence-electron chi connectivity index (χ4n) is 2.51. The Morgan fingerprint density at radius 3 is 2.88 bits per heavy atom. The molecule has 0 bridgehead atoms. The third-order valence-corrected chi connectivity index (χ3v) is 3.89. The summed E-state index contributed by atoms with van der Waals surface area (Å²) in [7, 11) is 0. The predicted molar refractivity (Wildman–Crippen MR) is 67.3 cm³/mol. The predicted octanol–water partition coefficient (Wildman–Crippen LogP) is 1.53. The van der Waals surface area contributed by atoms with E-state index in [1.807, 2.05) is 6.07 Å². The van der Waals surface area contributed by atoms with Gasteiger partial charge in [0.1, 0.15) is 6.54 Å². The van der Waals surface area contributed by atoms with Crippen molar-refractivity contribution < 1.29 is 4.79 Å². The fourth-order valence-corrected chi connectivity index (χ4v) is 2.51. The van der Waals surface area contributed by atoms with Gasteiger partial charge in [-0.1, -0.05) is 20.8 Å². The molecule has 0 unspecified atom stereocenters. The molecule has 0 radical (unpaired) electrons. The molecular formula is C13H23N3O. The molecule has 4 nitrogen and oxygen atoms in total. The fraction of sp³-hybridized carbons (Fsp3) is 0.846. The van der Waals surface area contributed by atoms with Crippen molar-refractivity contribution in [1.29, 1.82) is 5.26 Å². The van der Waals surface area contributed by atoms with Gasteiger partial charge in [-0.05, 0) is 31.2 Å². The van der Waals surface area contributed by atoms with Crippen LogP contribution >= 0.6 is 0 Å². The van der Waals surface area contributed by atoms with Crippen molar-refractivity contribution in [3.63, 3.8) is 0 Å². The Labute approximate surface area is 104 Å². The van der Waals surface area contributed by atoms with E-state index >= 15 is 0 Å². The van der Waals surface area contributed by atoms with Gasteiger partial charge in [-0.15, -0.1) is 0 Å². The Morgan fingerprint density at radius 1 is 1.59 bits per heavy atom. The van der Waals surface area contributed by atoms with Crippen molar-refractivity contribution in [2.75, 3.05) is 19.6 Å². The minimum atomic E-state index is -0.0367. The summed E-state index contributed by atoms with van der Waals surface area (Å²) >= 11 is 0. The molecule has 0 saturated carbocycles. The normalized spacial score (nSPS) is 21.2. The molecule has 0 aromatic heterocycles. The molecule has 1 aliphatic rings. The Bertz CT molecular complexity index is 306. The minimum Gasteiger partial charge on any atom is -0.342 e. The van der Waals surface area contributed by atoms with E-state index in [1.165, 1.54) is 12.8 Å². The molecular weight excluding hydrogens is 214 g/mol. The first-order chi connectivity index (χ1) is 8.01. The first-order valence-electron chi connectivity index (χ1n) is 6.39. The molecule has 17 heavy (non-hydrogen) atoms. The van der Waals surface area contributed by atoms with E-state index < -0.39 is 0 Å². The average molecular weight is 237 g/mol. The Kier molecular flexibility index (Phi) is 4.95. The molecule has 0 aromatic rings. The summed E-state index contributed by atoms with van der Waals surface area (Å²) in [6, 6.07) is 2.41. The summed E-state index contributed by atoms with van der Waals surface area (Å²) in [6.45, 7) is 8.26. The maximum atomic E-state index is 11.6. The smallest absolute Gasteiger partial charge is 0.235 e. The summed E-state index contributed by atoms with van der Waals surface area (Å²) in [4.78, 5) is 13.9. The van der Waals surface area contributed by atoms with E-state index in [9.17, 15) is 4.79 Å². The molecule has 1 N–H and O–H groups in total. The molecule has 1 aliphatic heterocycles. The summed E-state index contributed by atoms with van der Waals surface area (Å²) in [5, 5.41) is 11.0. The van der Waals surface area contributed by atoms with Gasteiger partial charge in [0.25, 0.3) is 0 Å². The second-order valence-electron chi connectivity index (χ2n) is 5.41. The standard InChI is InChI=1S/C13H23N3O/c1-4-13(2,3)11-6-5-9-16(11)10-12(17)15-8-7-14/h11H,4-6,8-10H2,1-3H3,(H,15,17)/t11-/m1/s1. The summed E-state index contributed by atoms with van der Waals surface area (Å²) in [6.07, 6.45) is 3.46. The second kappa shape index (κ2) is 6.02. The highest BCUT2D eigenvalue weighted by Gasteiger charge is 2.36. The van der Waals surface area contributed by atoms with Gasteiger partial charge in [0, 0.05) is 6.04 Å². The third kappa shape index (κ3) is 3.71. The number of carbonyl (C=O) groups excluding carboxylic acids is 1. The molecule has 1 saturated heterocycles. The highest BCUT2D eigenvalue weighted by molar-refractivity contribution is 5.78. The maximum Gasteiger partial charge on any atom is 0.235 e. The van der Waals surface area contributed by atoms with Crippen LogP contribution in [0.2, 0.25) is 0 Å². The minimum absolute atomic E-state index is 0.0367. The van der Waals surface area contributed by atoms with Gasteiger partial charge in [-0.3, -0.25) is 9.69 Å². The highest BCUT2D eigenvalue weighted by Crippen LogP contribution is 2.35. The monoisotopic (exact) mass is 237 g/mol. The molecule has 4 heteroatoms. The van der Waals surface area contributed by atoms with Crippen molar-refractivity contribution in [2.45, 2.75) is 46.1 Å². The lowest BCUT2D eigenvalue weighted by Gasteiger charge is -2.37. The summed E-state index contributed by atoms with van der Waals surface area (Å²) in [5.41, 5.74) is 0.256. The van der Waals surface area contributed by atoms with E-state index in [-0.39, 0.29) is 17.9 Å². The SMILES string of the molecule is CCC(C)(C)[C@H]1CCCN1CC(=O)NCC#N. The summed E-state index contributed by atoms with van der Waals surface area (Å²) in [5.74, 6) is -0.0367. The largest absolute Gasteiger partial charge is 0.342 e. The van der Waals surface area contributed by atoms with Crippen LogP contribution in [0, 0.1) is 16.7 Å². The first-order valence-corrected chi connectivity index (χ1v) is 6.39. The van der Waals surface area contributed by atoms with Crippen LogP contribution in [0.3, 0.4) is 0 Å². The van der Waals surface area contributed by atoms with Gasteiger partial charge in [0.15, 0.2) is 0 Å². The molecule has 1 amide bonds. The number of carbonyl (C=O) groups is 1. The highest BCUT2D eigenvalue weighted by atomic mass is 16.2. The molecule has 1 atom stereocenters. The van der Waals surface area contributed by atoms with E-state index in [0.717, 1.165) is 13.0 Å². The van der Waals surface area contributed by atoms with Gasteiger partial charge in [-0.25, -0.2) is 0 Å². The van der Waals surface area contributed by atoms with Crippen LogP contribution in [0.4, 0.5) is 0 Å². The topological polar surface area (TPSA) is 56.1 Å². The maximum absolute atomic E-state index is 11.6. The van der Waals surface area contributed by atoms with Crippen LogP contribution in [0.5, 0.6) is 0 Å². The van der Waals surface area contributed by atoms with E-state index in [0.29, 0.717) is 12.6 Å². The Balaban J connectivity index is 2.53. The van der Waals surface area contributed by atoms with Crippen LogP contribution < -0.4 is 5.32 Å². The van der Waals surface area contributed by atoms with Gasteiger partial charge in [0.2, 0.25) is 5.91 Å². The molecule has 1 rings (SSSR count). The molecule has 0 spiro atoms. The molecule has 0 aliphatic carbocycles. The Morgan fingerprint density at radius 2 is 2.29 bits per heavy atom. The number of rotatable bonds is 5. The molecule has 1 heterocycles. The van der Waals surface area contributed by atoms with Crippen molar-refractivity contribution in [2.24, 2.45) is 5.41 Å². The number of nitriles is 1. The lowest BCUT2D eigenvalue weighted by Crippen LogP contribution is -2.45. The second-order valence-corrected chi connectivity index (χ2v) is 5.41. The summed E-state index contributed by atoms with van der Waals surface area (Å²) < 4.78 is 0. The van der Waals surface area contributed by atoms with Crippen LogP contribution in [0.15, 0.2) is 0 Å². The van der Waals surface area contributed by atoms with Crippen LogP contribution in [0.25, 0.3) is 0 Å². The van der Waals surface area contributed by atoms with Crippen LogP contribution in [-0.2, 0) is 4.79 Å². The van der Waals surface area contributed by atoms with Crippen LogP contribution in [-0.4, -0.2) is 36.5 Å². The van der Waals surface area contributed by atoms with Crippen molar-refractivity contribution in [1.82, 2.24) is 10.2 Å². The van der Waals surface area contributed by atoms with Gasteiger partial charge >= 0.3 is 0 Å². The molecule has 1 fully saturated rings. The van der Waals surface area contributed by atoms with Gasteiger partial charge < -0.3 is 5.32 Å². The lowest BCUT2D eigenvalue weighted by atomic mass is 9.80. The number of nitrogens with zero attached hydrogens (tertiary/aromatic N) is 2. The van der Waals surface area contributed by atoms with Crippen molar-refractivity contribution in [3.05, 3.63) is 0 Å². The van der Waals surface area contributed by atoms with Gasteiger partial charge in [0.05, 0.1) is 12.6 Å². The quantitative estimate of drug-likeness (QED) is 0.738. The van der Waals surface area contributed by atoms with Crippen molar-refractivity contribution in [3.8, 4) is 6.07 Å². The Hall–Kier alpha value is -1.08. The molecule has 0 aromatic carbocycles. The number of amides is 1. The number of hydrogen-bond donors (Lipinski definition) is 1. The van der Waals surface area contributed by atoms with E-state index in [4.69, 9.17) is 5.26 Å². The number of likely N-dealkylation sites (tertiary alicyclic amines) is 1. The van der Waals surface area contributed by atoms with Crippen molar-refractivity contribution >= 4 is 5.91 Å². The number of nitrogens with one attached hydrogen (secondary N) is 1. The first kappa shape index (κ1) is 14.0. The van der Waals surface area contributed by atoms with E-state index in [2.05, 4.69) is 31.0 Å². The zero-order valence-electron chi connectivity index (χ0n) is 11.1. The molecule has 96 valence electrons. The van der Waals surface area contributed by atoms with Gasteiger partial charge in [-0.2, -0.15) is 5.26 Å². The third-order valence-electron chi connectivity index (χ3n) is 3.89. The van der Waals surface area contributed by atoms with E-state index in [1.54, 1.807) is 0 Å². The van der Waals surface area contributed by atoms with Crippen LogP contribution in [0.1, 0.15) is 40.0 Å². The average Bonchev–Trinajstić information content (AvgIpc) is 2.75. The lowest BCUT2D eigenvalue weighted by molar-refractivity contribution is -0.122. The zero-order valence-corrected chi connectivity index (χ0v) is 11.1. The zero-order chi connectivity index (χ0) is 12.9. The number of hydrogen-bond acceptors (Lipinski definition) is 3.